The van der Waals surface area contributed by atoms with Crippen LogP contribution in [0, 0.1) is 6.92 Å². The van der Waals surface area contributed by atoms with Crippen LogP contribution in [-0.4, -0.2) is 20.4 Å². The van der Waals surface area contributed by atoms with Gasteiger partial charge in [0.1, 0.15) is 5.76 Å². The summed E-state index contributed by atoms with van der Waals surface area (Å²) in [5.74, 6) is 0.550. The van der Waals surface area contributed by atoms with Gasteiger partial charge in [-0.05, 0) is 31.2 Å². The van der Waals surface area contributed by atoms with Crippen LogP contribution >= 0.6 is 0 Å². The number of oxazole rings is 1. The van der Waals surface area contributed by atoms with Gasteiger partial charge in [-0.15, -0.1) is 0 Å². The molecule has 0 bridgehead atoms. The normalized spacial score (nSPS) is 12.4. The lowest BCUT2D eigenvalue weighted by Crippen LogP contribution is -2.27. The molecule has 1 aromatic heterocycles. The fourth-order valence-electron chi connectivity index (χ4n) is 1.95. The van der Waals surface area contributed by atoms with E-state index in [-0.39, 0.29) is 10.9 Å². The summed E-state index contributed by atoms with van der Waals surface area (Å²) < 4.78 is 68.7. The highest BCUT2D eigenvalue weighted by atomic mass is 32.2. The van der Waals surface area contributed by atoms with Crippen molar-refractivity contribution in [3.8, 4) is 0 Å². The Labute approximate surface area is 131 Å². The molecule has 0 atom stereocenters. The number of benzene rings is 1. The molecule has 0 aliphatic heterocycles. The van der Waals surface area contributed by atoms with Gasteiger partial charge >= 0.3 is 12.2 Å². The van der Waals surface area contributed by atoms with Crippen LogP contribution in [0.5, 0.6) is 0 Å². The van der Waals surface area contributed by atoms with Gasteiger partial charge in [-0.1, -0.05) is 6.92 Å². The van der Waals surface area contributed by atoms with Crippen LogP contribution in [0.4, 0.5) is 19.2 Å². The van der Waals surface area contributed by atoms with Gasteiger partial charge < -0.3 is 4.42 Å². The fourth-order valence-corrected chi connectivity index (χ4v) is 3.03. The van der Waals surface area contributed by atoms with Gasteiger partial charge in [0.05, 0.1) is 16.2 Å². The first-order chi connectivity index (χ1) is 10.6. The molecule has 5 nitrogen and oxygen atoms in total. The summed E-state index contributed by atoms with van der Waals surface area (Å²) in [6.45, 7) is 3.52. The van der Waals surface area contributed by atoms with Crippen molar-refractivity contribution in [2.24, 2.45) is 0 Å². The van der Waals surface area contributed by atoms with Crippen molar-refractivity contribution in [1.82, 2.24) is 4.98 Å². The third-order valence-electron chi connectivity index (χ3n) is 3.31. The number of anilines is 1. The second-order valence-corrected chi connectivity index (χ2v) is 6.82. The maximum Gasteiger partial charge on any atom is 0.416 e. The van der Waals surface area contributed by atoms with Crippen molar-refractivity contribution in [3.05, 3.63) is 41.3 Å². The molecule has 1 heterocycles. The zero-order valence-electron chi connectivity index (χ0n) is 12.7. The third-order valence-corrected chi connectivity index (χ3v) is 5.06. The second kappa shape index (κ2) is 5.88. The van der Waals surface area contributed by atoms with Gasteiger partial charge in [-0.3, -0.25) is 0 Å². The number of aromatic nitrogens is 1. The first kappa shape index (κ1) is 17.3. The van der Waals surface area contributed by atoms with Crippen LogP contribution in [0.2, 0.25) is 0 Å². The predicted octanol–water partition coefficient (Wildman–Crippen LogP) is 3.39. The van der Waals surface area contributed by atoms with Crippen molar-refractivity contribution in [3.63, 3.8) is 0 Å². The lowest BCUT2D eigenvalue weighted by Gasteiger charge is -2.15. The Morgan fingerprint density at radius 2 is 1.78 bits per heavy atom. The summed E-state index contributed by atoms with van der Waals surface area (Å²) in [5, 5.41) is 0. The van der Waals surface area contributed by atoms with E-state index in [0.29, 0.717) is 17.9 Å². The Morgan fingerprint density at radius 1 is 1.22 bits per heavy atom. The van der Waals surface area contributed by atoms with Crippen molar-refractivity contribution >= 4 is 16.0 Å². The van der Waals surface area contributed by atoms with E-state index in [2.05, 4.69) is 4.98 Å². The maximum atomic E-state index is 12.5. The quantitative estimate of drug-likeness (QED) is 0.850. The van der Waals surface area contributed by atoms with Gasteiger partial charge in [0.2, 0.25) is 0 Å². The number of rotatable bonds is 4. The molecule has 0 aliphatic carbocycles. The lowest BCUT2D eigenvalue weighted by molar-refractivity contribution is -0.137. The molecular formula is C14H15F3N2O3S. The first-order valence-electron chi connectivity index (χ1n) is 6.70. The minimum absolute atomic E-state index is 0.126. The molecule has 0 aliphatic rings. The second-order valence-electron chi connectivity index (χ2n) is 4.85. The Morgan fingerprint density at radius 3 is 2.22 bits per heavy atom. The van der Waals surface area contributed by atoms with Gasteiger partial charge in [0.15, 0.2) is 0 Å². The van der Waals surface area contributed by atoms with E-state index in [1.165, 1.54) is 7.05 Å². The molecule has 1 aromatic carbocycles. The van der Waals surface area contributed by atoms with Gasteiger partial charge in [0, 0.05) is 13.5 Å². The average molecular weight is 348 g/mol. The molecule has 0 radical (unpaired) electrons. The van der Waals surface area contributed by atoms with Gasteiger partial charge in [-0.2, -0.15) is 18.2 Å². The van der Waals surface area contributed by atoms with E-state index < -0.39 is 21.8 Å². The smallest absolute Gasteiger partial charge is 0.416 e. The van der Waals surface area contributed by atoms with E-state index in [0.717, 1.165) is 28.6 Å². The van der Waals surface area contributed by atoms with Crippen LogP contribution in [0.15, 0.2) is 33.6 Å². The fraction of sp³-hybridized carbons (Fsp3) is 0.357. The average Bonchev–Trinajstić information content (AvgIpc) is 2.86. The van der Waals surface area contributed by atoms with Crippen molar-refractivity contribution in [2.75, 3.05) is 11.4 Å². The monoisotopic (exact) mass is 348 g/mol. The van der Waals surface area contributed by atoms with Gasteiger partial charge in [-0.25, -0.2) is 12.7 Å². The standard InChI is InChI=1S/C14H15F3N2O3S/c1-4-12-9(2)18-13(22-12)19(3)23(20,21)11-7-5-10(6-8-11)14(15,16)17/h5-8H,4H2,1-3H3. The zero-order chi connectivity index (χ0) is 17.4. The van der Waals surface area contributed by atoms with Crippen LogP contribution in [0.3, 0.4) is 0 Å². The lowest BCUT2D eigenvalue weighted by atomic mass is 10.2. The highest BCUT2D eigenvalue weighted by Crippen LogP contribution is 2.31. The van der Waals surface area contributed by atoms with Crippen molar-refractivity contribution in [1.29, 1.82) is 0 Å². The summed E-state index contributed by atoms with van der Waals surface area (Å²) in [6, 6.07) is 3.13. The van der Waals surface area contributed by atoms with E-state index in [9.17, 15) is 21.6 Å². The molecule has 0 spiro atoms. The highest BCUT2D eigenvalue weighted by Gasteiger charge is 2.32. The van der Waals surface area contributed by atoms with E-state index in [1.807, 2.05) is 6.92 Å². The molecular weight excluding hydrogens is 333 g/mol. The molecule has 0 amide bonds. The Kier molecular flexibility index (Phi) is 4.43. The number of hydrogen-bond acceptors (Lipinski definition) is 4. The van der Waals surface area contributed by atoms with Crippen molar-refractivity contribution in [2.45, 2.75) is 31.3 Å². The summed E-state index contributed by atoms with van der Waals surface area (Å²) in [5.41, 5.74) is -0.351. The van der Waals surface area contributed by atoms with Crippen LogP contribution < -0.4 is 4.31 Å². The maximum absolute atomic E-state index is 12.5. The zero-order valence-corrected chi connectivity index (χ0v) is 13.5. The molecule has 23 heavy (non-hydrogen) atoms. The van der Waals surface area contributed by atoms with Crippen LogP contribution in [0.1, 0.15) is 23.9 Å². The Bertz CT molecular complexity index is 796. The molecule has 2 rings (SSSR count). The topological polar surface area (TPSA) is 63.4 Å². The molecule has 2 aromatic rings. The molecule has 0 unspecified atom stereocenters. The summed E-state index contributed by atoms with van der Waals surface area (Å²) >= 11 is 0. The summed E-state index contributed by atoms with van der Waals surface area (Å²) in [4.78, 5) is 3.75. The van der Waals surface area contributed by atoms with Gasteiger partial charge in [0.25, 0.3) is 10.0 Å². The number of nitrogens with zero attached hydrogens (tertiary/aromatic N) is 2. The molecule has 0 N–H and O–H groups in total. The minimum atomic E-state index is -4.52. The Balaban J connectivity index is 2.37. The number of sulfonamides is 1. The number of alkyl halides is 3. The number of halogens is 3. The molecule has 0 saturated heterocycles. The van der Waals surface area contributed by atoms with Crippen LogP contribution in [0.25, 0.3) is 0 Å². The highest BCUT2D eigenvalue weighted by molar-refractivity contribution is 7.92. The van der Waals surface area contributed by atoms with E-state index in [4.69, 9.17) is 4.42 Å². The summed E-state index contributed by atoms with van der Waals surface area (Å²) in [6.07, 6.45) is -3.98. The Hall–Kier alpha value is -2.03. The largest absolute Gasteiger partial charge is 0.428 e. The molecule has 0 saturated carbocycles. The number of hydrogen-bond donors (Lipinski definition) is 0. The van der Waals surface area contributed by atoms with Crippen LogP contribution in [-0.2, 0) is 22.6 Å². The first-order valence-corrected chi connectivity index (χ1v) is 8.14. The number of aryl methyl sites for hydroxylation is 2. The third kappa shape index (κ3) is 3.34. The molecule has 0 fully saturated rings. The summed E-state index contributed by atoms with van der Waals surface area (Å²) in [7, 11) is -2.82. The minimum Gasteiger partial charge on any atom is -0.428 e. The van der Waals surface area contributed by atoms with E-state index >= 15 is 0 Å². The predicted molar refractivity (Wildman–Crippen MR) is 77.7 cm³/mol. The van der Waals surface area contributed by atoms with E-state index in [1.54, 1.807) is 6.92 Å². The molecule has 126 valence electrons. The molecule has 9 heteroatoms. The van der Waals surface area contributed by atoms with Crippen molar-refractivity contribution < 1.29 is 26.0 Å². The SMILES string of the molecule is CCc1oc(N(C)S(=O)(=O)c2ccc(C(F)(F)F)cc2)nc1C.